The predicted octanol–water partition coefficient (Wildman–Crippen LogP) is 1.98. The van der Waals surface area contributed by atoms with E-state index in [-0.39, 0.29) is 23.0 Å². The van der Waals surface area contributed by atoms with E-state index in [9.17, 15) is 18.0 Å². The SMILES string of the molecule is O=C1CSC(=NN=Cc2cc(F)cc(OC(F)F)c2)N1. The van der Waals surface area contributed by atoms with E-state index in [4.69, 9.17) is 0 Å². The molecule has 0 aliphatic carbocycles. The van der Waals surface area contributed by atoms with Gasteiger partial charge in [-0.05, 0) is 12.1 Å². The number of rotatable bonds is 4. The Kier molecular flexibility index (Phi) is 4.61. The van der Waals surface area contributed by atoms with Crippen molar-refractivity contribution >= 4 is 29.1 Å². The van der Waals surface area contributed by atoms with Gasteiger partial charge in [-0.1, -0.05) is 11.8 Å². The number of alkyl halides is 2. The van der Waals surface area contributed by atoms with Crippen LogP contribution in [0.2, 0.25) is 0 Å². The van der Waals surface area contributed by atoms with Gasteiger partial charge in [0.25, 0.3) is 0 Å². The Balaban J connectivity index is 2.08. The molecule has 5 nitrogen and oxygen atoms in total. The van der Waals surface area contributed by atoms with Gasteiger partial charge < -0.3 is 10.1 Å². The van der Waals surface area contributed by atoms with Gasteiger partial charge in [0, 0.05) is 11.6 Å². The lowest BCUT2D eigenvalue weighted by molar-refractivity contribution is -0.116. The zero-order chi connectivity index (χ0) is 14.5. The monoisotopic (exact) mass is 303 g/mol. The van der Waals surface area contributed by atoms with Gasteiger partial charge in [0.05, 0.1) is 12.0 Å². The van der Waals surface area contributed by atoms with E-state index in [1.807, 2.05) is 0 Å². The zero-order valence-corrected chi connectivity index (χ0v) is 10.7. The second-order valence-electron chi connectivity index (χ2n) is 3.59. The van der Waals surface area contributed by atoms with Crippen molar-refractivity contribution in [3.05, 3.63) is 29.6 Å². The van der Waals surface area contributed by atoms with Crippen LogP contribution < -0.4 is 10.1 Å². The number of benzene rings is 1. The molecule has 1 N–H and O–H groups in total. The fraction of sp³-hybridized carbons (Fsp3) is 0.182. The quantitative estimate of drug-likeness (QED) is 0.683. The van der Waals surface area contributed by atoms with Gasteiger partial charge in [-0.25, -0.2) is 4.39 Å². The average Bonchev–Trinajstić information content (AvgIpc) is 2.73. The fourth-order valence-corrected chi connectivity index (χ4v) is 1.99. The first-order valence-corrected chi connectivity index (χ1v) is 6.30. The number of hydrogen-bond donors (Lipinski definition) is 1. The minimum absolute atomic E-state index is 0.178. The number of thioether (sulfide) groups is 1. The van der Waals surface area contributed by atoms with Gasteiger partial charge in [-0.3, -0.25) is 4.79 Å². The largest absolute Gasteiger partial charge is 0.435 e. The number of carbonyl (C=O) groups excluding carboxylic acids is 1. The first kappa shape index (κ1) is 14.4. The van der Waals surface area contributed by atoms with Crippen LogP contribution in [0.25, 0.3) is 0 Å². The van der Waals surface area contributed by atoms with Crippen LogP contribution in [-0.2, 0) is 4.79 Å². The van der Waals surface area contributed by atoms with Crippen LogP contribution in [0.3, 0.4) is 0 Å². The molecule has 1 saturated heterocycles. The summed E-state index contributed by atoms with van der Waals surface area (Å²) >= 11 is 1.18. The summed E-state index contributed by atoms with van der Waals surface area (Å²) in [5.74, 6) is -0.957. The molecule has 1 aliphatic rings. The van der Waals surface area contributed by atoms with Gasteiger partial charge in [0.15, 0.2) is 5.17 Å². The molecule has 0 unspecified atom stereocenters. The molecule has 1 aromatic carbocycles. The number of nitrogens with one attached hydrogen (secondary N) is 1. The van der Waals surface area contributed by atoms with E-state index in [2.05, 4.69) is 20.3 Å². The molecule has 1 aromatic rings. The molecule has 1 amide bonds. The van der Waals surface area contributed by atoms with Gasteiger partial charge in [-0.15, -0.1) is 5.10 Å². The van der Waals surface area contributed by atoms with Crippen molar-refractivity contribution < 1.29 is 22.7 Å². The molecule has 20 heavy (non-hydrogen) atoms. The maximum Gasteiger partial charge on any atom is 0.387 e. The molecular weight excluding hydrogens is 295 g/mol. The van der Waals surface area contributed by atoms with E-state index in [1.54, 1.807) is 0 Å². The Bertz CT molecular complexity index is 578. The summed E-state index contributed by atoms with van der Waals surface area (Å²) in [6.45, 7) is -3.04. The topological polar surface area (TPSA) is 63.0 Å². The van der Waals surface area contributed by atoms with E-state index < -0.39 is 12.4 Å². The maximum absolute atomic E-state index is 13.2. The molecule has 0 atom stereocenters. The molecule has 0 radical (unpaired) electrons. The van der Waals surface area contributed by atoms with E-state index in [1.165, 1.54) is 24.0 Å². The van der Waals surface area contributed by atoms with Crippen LogP contribution in [0.1, 0.15) is 5.56 Å². The molecule has 2 rings (SSSR count). The summed E-state index contributed by atoms with van der Waals surface area (Å²) in [6, 6.07) is 3.12. The Labute approximate surface area is 115 Å². The van der Waals surface area contributed by atoms with Gasteiger partial charge in [-0.2, -0.15) is 13.9 Å². The number of nitrogens with zero attached hydrogens (tertiary/aromatic N) is 2. The Morgan fingerprint density at radius 2 is 2.20 bits per heavy atom. The highest BCUT2D eigenvalue weighted by Crippen LogP contribution is 2.17. The molecule has 0 aromatic heterocycles. The Hall–Kier alpha value is -2.03. The minimum Gasteiger partial charge on any atom is -0.435 e. The molecule has 0 bridgehead atoms. The highest BCUT2D eigenvalue weighted by atomic mass is 32.2. The van der Waals surface area contributed by atoms with Crippen molar-refractivity contribution in [2.45, 2.75) is 6.61 Å². The lowest BCUT2D eigenvalue weighted by Gasteiger charge is -2.04. The van der Waals surface area contributed by atoms with E-state index in [0.717, 1.165) is 12.1 Å². The number of ether oxygens (including phenoxy) is 1. The lowest BCUT2D eigenvalue weighted by Crippen LogP contribution is -2.19. The predicted molar refractivity (Wildman–Crippen MR) is 68.7 cm³/mol. The Morgan fingerprint density at radius 3 is 2.85 bits per heavy atom. The molecular formula is C11H8F3N3O2S. The Morgan fingerprint density at radius 1 is 1.40 bits per heavy atom. The summed E-state index contributed by atoms with van der Waals surface area (Å²) in [7, 11) is 0. The van der Waals surface area contributed by atoms with Crippen molar-refractivity contribution in [3.63, 3.8) is 0 Å². The van der Waals surface area contributed by atoms with Crippen molar-refractivity contribution in [3.8, 4) is 5.75 Å². The smallest absolute Gasteiger partial charge is 0.387 e. The standard InChI is InChI=1S/C11H8F3N3O2S/c12-7-1-6(2-8(3-7)19-10(13)14)4-15-17-11-16-9(18)5-20-11/h1-4,10H,5H2,(H,16,17,18). The third-order valence-electron chi connectivity index (χ3n) is 2.06. The average molecular weight is 303 g/mol. The van der Waals surface area contributed by atoms with Crippen LogP contribution in [0.5, 0.6) is 5.75 Å². The van der Waals surface area contributed by atoms with E-state index >= 15 is 0 Å². The molecule has 0 saturated carbocycles. The van der Waals surface area contributed by atoms with Gasteiger partial charge in [0.1, 0.15) is 11.6 Å². The third kappa shape index (κ3) is 4.26. The molecule has 1 fully saturated rings. The lowest BCUT2D eigenvalue weighted by atomic mass is 10.2. The molecule has 1 aliphatic heterocycles. The molecule has 1 heterocycles. The third-order valence-corrected chi connectivity index (χ3v) is 2.92. The van der Waals surface area contributed by atoms with E-state index in [0.29, 0.717) is 5.17 Å². The van der Waals surface area contributed by atoms with Crippen LogP contribution in [0.4, 0.5) is 13.2 Å². The van der Waals surface area contributed by atoms with Gasteiger partial charge in [0.2, 0.25) is 5.91 Å². The molecule has 106 valence electrons. The highest BCUT2D eigenvalue weighted by molar-refractivity contribution is 8.15. The summed E-state index contributed by atoms with van der Waals surface area (Å²) in [6.07, 6.45) is 1.17. The number of amides is 1. The van der Waals surface area contributed by atoms with Crippen LogP contribution >= 0.6 is 11.8 Å². The number of hydrogen-bond acceptors (Lipinski definition) is 5. The number of carbonyl (C=O) groups is 1. The molecule has 9 heteroatoms. The van der Waals surface area contributed by atoms with Crippen molar-refractivity contribution in [2.75, 3.05) is 5.75 Å². The second kappa shape index (κ2) is 6.42. The van der Waals surface area contributed by atoms with Crippen LogP contribution in [0.15, 0.2) is 28.4 Å². The van der Waals surface area contributed by atoms with Crippen molar-refractivity contribution in [1.29, 1.82) is 0 Å². The molecule has 0 spiro atoms. The normalized spacial score (nSPS) is 17.2. The van der Waals surface area contributed by atoms with Crippen LogP contribution in [0, 0.1) is 5.82 Å². The number of amidine groups is 1. The summed E-state index contributed by atoms with van der Waals surface area (Å²) in [5.41, 5.74) is 0.208. The number of halogens is 3. The van der Waals surface area contributed by atoms with Gasteiger partial charge >= 0.3 is 6.61 Å². The van der Waals surface area contributed by atoms with Crippen molar-refractivity contribution in [2.24, 2.45) is 10.2 Å². The van der Waals surface area contributed by atoms with Crippen molar-refractivity contribution in [1.82, 2.24) is 5.32 Å². The summed E-state index contributed by atoms with van der Waals surface area (Å²) in [4.78, 5) is 10.9. The highest BCUT2D eigenvalue weighted by Gasteiger charge is 2.15. The summed E-state index contributed by atoms with van der Waals surface area (Å²) < 4.78 is 41.3. The summed E-state index contributed by atoms with van der Waals surface area (Å²) in [5, 5.41) is 10.1. The second-order valence-corrected chi connectivity index (χ2v) is 4.55. The first-order chi connectivity index (χ1) is 9.52. The minimum atomic E-state index is -3.04. The fourth-order valence-electron chi connectivity index (χ4n) is 1.36. The van der Waals surface area contributed by atoms with Crippen LogP contribution in [-0.4, -0.2) is 29.7 Å². The zero-order valence-electron chi connectivity index (χ0n) is 9.85. The first-order valence-electron chi connectivity index (χ1n) is 5.32. The maximum atomic E-state index is 13.2.